The van der Waals surface area contributed by atoms with Gasteiger partial charge in [-0.3, -0.25) is 0 Å². The van der Waals surface area contributed by atoms with E-state index >= 15 is 0 Å². The van der Waals surface area contributed by atoms with Gasteiger partial charge in [0.2, 0.25) is 0 Å². The fourth-order valence-corrected chi connectivity index (χ4v) is 1.32. The van der Waals surface area contributed by atoms with Crippen molar-refractivity contribution in [3.63, 3.8) is 0 Å². The first-order chi connectivity index (χ1) is 7.10. The fraction of sp³-hybridized carbons (Fsp3) is 0.750. The third-order valence-electron chi connectivity index (χ3n) is 2.09. The molecule has 0 saturated carbocycles. The number of rotatable bonds is 5. The molecule has 2 N–H and O–H groups in total. The number of hydrogen-bond donors (Lipinski definition) is 1. The first-order valence-corrected chi connectivity index (χ1v) is 4.53. The molecule has 1 heterocycles. The second-order valence-corrected chi connectivity index (χ2v) is 3.08. The molecular weight excluding hydrogens is 206 g/mol. The molecule has 0 spiro atoms. The van der Waals surface area contributed by atoms with E-state index in [9.17, 15) is 8.78 Å². The third-order valence-corrected chi connectivity index (χ3v) is 2.09. The Morgan fingerprint density at radius 3 is 2.67 bits per heavy atom. The average molecular weight is 220 g/mol. The van der Waals surface area contributed by atoms with E-state index in [1.165, 1.54) is 7.11 Å². The Morgan fingerprint density at radius 1 is 1.53 bits per heavy atom. The average Bonchev–Trinajstić information content (AvgIpc) is 2.58. The van der Waals surface area contributed by atoms with Crippen LogP contribution in [-0.4, -0.2) is 28.5 Å². The number of nitrogens with zero attached hydrogens (tertiary/aromatic N) is 3. The van der Waals surface area contributed by atoms with Crippen LogP contribution in [0, 0.1) is 0 Å². The van der Waals surface area contributed by atoms with E-state index in [4.69, 9.17) is 10.5 Å². The third kappa shape index (κ3) is 2.69. The molecule has 1 unspecified atom stereocenters. The highest BCUT2D eigenvalue weighted by molar-refractivity contribution is 5.12. The molecule has 0 aliphatic heterocycles. The lowest BCUT2D eigenvalue weighted by molar-refractivity contribution is 0.0934. The van der Waals surface area contributed by atoms with Gasteiger partial charge in [-0.2, -0.15) is 0 Å². The van der Waals surface area contributed by atoms with E-state index in [-0.39, 0.29) is 12.6 Å². The first-order valence-electron chi connectivity index (χ1n) is 4.53. The van der Waals surface area contributed by atoms with Gasteiger partial charge < -0.3 is 10.5 Å². The Morgan fingerprint density at radius 2 is 2.20 bits per heavy atom. The van der Waals surface area contributed by atoms with Gasteiger partial charge in [0.05, 0.1) is 11.8 Å². The zero-order valence-corrected chi connectivity index (χ0v) is 8.65. The van der Waals surface area contributed by atoms with Crippen molar-refractivity contribution in [1.29, 1.82) is 0 Å². The van der Waals surface area contributed by atoms with Crippen LogP contribution in [0.5, 0.6) is 0 Å². The van der Waals surface area contributed by atoms with Gasteiger partial charge in [0.1, 0.15) is 12.2 Å². The number of aromatic nitrogens is 3. The van der Waals surface area contributed by atoms with Gasteiger partial charge in [-0.15, -0.1) is 5.10 Å². The zero-order chi connectivity index (χ0) is 11.4. The summed E-state index contributed by atoms with van der Waals surface area (Å²) in [4.78, 5) is 0. The molecule has 0 bridgehead atoms. The summed E-state index contributed by atoms with van der Waals surface area (Å²) in [6.07, 6.45) is -2.82. The maximum atomic E-state index is 12.2. The zero-order valence-electron chi connectivity index (χ0n) is 8.65. The Labute approximate surface area is 86.2 Å². The predicted molar refractivity (Wildman–Crippen MR) is 49.3 cm³/mol. The Hall–Kier alpha value is -1.08. The van der Waals surface area contributed by atoms with E-state index in [1.807, 2.05) is 0 Å². The van der Waals surface area contributed by atoms with Crippen LogP contribution in [0.25, 0.3) is 0 Å². The van der Waals surface area contributed by atoms with E-state index in [1.54, 1.807) is 6.92 Å². The minimum Gasteiger partial charge on any atom is -0.375 e. The molecule has 0 saturated heterocycles. The Bertz CT molecular complexity index is 316. The molecule has 1 atom stereocenters. The minimum absolute atomic E-state index is 0.159. The molecule has 1 aromatic heterocycles. The standard InChI is InChI=1S/C8H14F2N4O/c1-5(15-2)8-6(3-11)12-13-14(8)4-7(9)10/h5,7H,3-4,11H2,1-2H3. The van der Waals surface area contributed by atoms with E-state index < -0.39 is 13.0 Å². The summed E-state index contributed by atoms with van der Waals surface area (Å²) in [5.74, 6) is 0. The first kappa shape index (κ1) is 12.0. The molecule has 0 aliphatic rings. The monoisotopic (exact) mass is 220 g/mol. The van der Waals surface area contributed by atoms with E-state index in [0.717, 1.165) is 4.68 Å². The molecule has 0 aromatic carbocycles. The molecule has 86 valence electrons. The maximum absolute atomic E-state index is 12.2. The summed E-state index contributed by atoms with van der Waals surface area (Å²) in [5.41, 5.74) is 6.43. The van der Waals surface area contributed by atoms with Crippen LogP contribution in [0.3, 0.4) is 0 Å². The minimum atomic E-state index is -2.47. The lowest BCUT2D eigenvalue weighted by atomic mass is 10.2. The highest BCUT2D eigenvalue weighted by Crippen LogP contribution is 2.19. The van der Waals surface area contributed by atoms with Gasteiger partial charge in [0.25, 0.3) is 6.43 Å². The van der Waals surface area contributed by atoms with Crippen molar-refractivity contribution in [2.24, 2.45) is 5.73 Å². The highest BCUT2D eigenvalue weighted by Gasteiger charge is 2.19. The normalized spacial score (nSPS) is 13.5. The number of methoxy groups -OCH3 is 1. The second kappa shape index (κ2) is 5.13. The molecule has 0 radical (unpaired) electrons. The van der Waals surface area contributed by atoms with Crippen molar-refractivity contribution < 1.29 is 13.5 Å². The summed E-state index contributed by atoms with van der Waals surface area (Å²) in [7, 11) is 1.49. The van der Waals surface area contributed by atoms with Crippen molar-refractivity contribution >= 4 is 0 Å². The largest absolute Gasteiger partial charge is 0.375 e. The van der Waals surface area contributed by atoms with Crippen LogP contribution in [-0.2, 0) is 17.8 Å². The van der Waals surface area contributed by atoms with Crippen LogP contribution >= 0.6 is 0 Å². The van der Waals surface area contributed by atoms with Crippen LogP contribution in [0.4, 0.5) is 8.78 Å². The summed E-state index contributed by atoms with van der Waals surface area (Å²) >= 11 is 0. The Balaban J connectivity index is 3.00. The molecule has 1 rings (SSSR count). The van der Waals surface area contributed by atoms with Crippen LogP contribution in [0.15, 0.2) is 0 Å². The number of hydrogen-bond acceptors (Lipinski definition) is 4. The topological polar surface area (TPSA) is 66.0 Å². The van der Waals surface area contributed by atoms with E-state index in [2.05, 4.69) is 10.3 Å². The molecule has 0 amide bonds. The quantitative estimate of drug-likeness (QED) is 0.793. The molecule has 5 nitrogen and oxygen atoms in total. The number of halogens is 2. The van der Waals surface area contributed by atoms with Crippen molar-refractivity contribution in [1.82, 2.24) is 15.0 Å². The van der Waals surface area contributed by atoms with Gasteiger partial charge >= 0.3 is 0 Å². The van der Waals surface area contributed by atoms with Gasteiger partial charge in [-0.1, -0.05) is 5.21 Å². The highest BCUT2D eigenvalue weighted by atomic mass is 19.3. The summed E-state index contributed by atoms with van der Waals surface area (Å²) in [6, 6.07) is 0. The molecule has 0 fully saturated rings. The predicted octanol–water partition coefficient (Wildman–Crippen LogP) is 0.709. The lowest BCUT2D eigenvalue weighted by Gasteiger charge is -2.12. The maximum Gasteiger partial charge on any atom is 0.257 e. The summed E-state index contributed by atoms with van der Waals surface area (Å²) < 4.78 is 30.6. The van der Waals surface area contributed by atoms with E-state index in [0.29, 0.717) is 11.4 Å². The molecule has 15 heavy (non-hydrogen) atoms. The number of alkyl halides is 2. The van der Waals surface area contributed by atoms with Crippen molar-refractivity contribution in [2.75, 3.05) is 7.11 Å². The molecule has 0 aliphatic carbocycles. The van der Waals surface area contributed by atoms with Gasteiger partial charge in [-0.25, -0.2) is 13.5 Å². The van der Waals surface area contributed by atoms with Crippen molar-refractivity contribution in [3.05, 3.63) is 11.4 Å². The molecular formula is C8H14F2N4O. The smallest absolute Gasteiger partial charge is 0.257 e. The van der Waals surface area contributed by atoms with Gasteiger partial charge in [0, 0.05) is 13.7 Å². The van der Waals surface area contributed by atoms with Crippen molar-refractivity contribution in [3.8, 4) is 0 Å². The second-order valence-electron chi connectivity index (χ2n) is 3.08. The van der Waals surface area contributed by atoms with Crippen molar-refractivity contribution in [2.45, 2.75) is 32.5 Å². The number of nitrogens with two attached hydrogens (primary N) is 1. The van der Waals surface area contributed by atoms with Crippen LogP contribution in [0.1, 0.15) is 24.4 Å². The summed E-state index contributed by atoms with van der Waals surface area (Å²) in [6.45, 7) is 1.40. The lowest BCUT2D eigenvalue weighted by Crippen LogP contribution is -2.15. The number of ether oxygens (including phenoxy) is 1. The van der Waals surface area contributed by atoms with Crippen LogP contribution in [0.2, 0.25) is 0 Å². The molecule has 7 heteroatoms. The Kier molecular flexibility index (Phi) is 4.10. The van der Waals surface area contributed by atoms with Crippen LogP contribution < -0.4 is 5.73 Å². The molecule has 1 aromatic rings. The summed E-state index contributed by atoms with van der Waals surface area (Å²) in [5, 5.41) is 7.35. The fourth-order valence-electron chi connectivity index (χ4n) is 1.32. The van der Waals surface area contributed by atoms with Gasteiger partial charge in [0.15, 0.2) is 0 Å². The van der Waals surface area contributed by atoms with Gasteiger partial charge in [-0.05, 0) is 6.92 Å². The SMILES string of the molecule is COC(C)c1c(CN)nnn1CC(F)F.